The fourth-order valence-electron chi connectivity index (χ4n) is 3.65. The number of halogens is 2. The molecule has 2 fully saturated rings. The van der Waals surface area contributed by atoms with E-state index in [9.17, 15) is 24.0 Å². The van der Waals surface area contributed by atoms with Crippen molar-refractivity contribution >= 4 is 67.0 Å². The molecule has 8 nitrogen and oxygen atoms in total. The Balaban J connectivity index is 1.51. The number of nitrogens with one attached hydrogen (secondary N) is 1. The van der Waals surface area contributed by atoms with Crippen LogP contribution in [-0.4, -0.2) is 57.2 Å². The number of fused-ring (bicyclic) bond motifs is 1. The fraction of sp³-hybridized carbons (Fsp3) is 0.450. The highest BCUT2D eigenvalue weighted by Gasteiger charge is 2.52. The monoisotopic (exact) mass is 542 g/mol. The maximum atomic E-state index is 12.6. The Hall–Kier alpha value is -2.07. The summed E-state index contributed by atoms with van der Waals surface area (Å²) in [5.74, 6) is -3.22. The third-order valence-corrected chi connectivity index (χ3v) is 7.94. The van der Waals surface area contributed by atoms with E-state index < -0.39 is 36.9 Å². The van der Waals surface area contributed by atoms with Crippen LogP contribution in [-0.2, 0) is 23.9 Å². The zero-order valence-electron chi connectivity index (χ0n) is 16.1. The van der Waals surface area contributed by atoms with E-state index in [1.165, 1.54) is 13.0 Å². The lowest BCUT2D eigenvalue weighted by Crippen LogP contribution is -2.37. The van der Waals surface area contributed by atoms with Crippen LogP contribution in [0.3, 0.4) is 0 Å². The number of carbonyl (C=O) groups excluding carboxylic acids is 5. The van der Waals surface area contributed by atoms with Crippen LogP contribution in [0, 0.1) is 11.8 Å². The fourth-order valence-corrected chi connectivity index (χ4v) is 4.89. The second-order valence-corrected chi connectivity index (χ2v) is 9.68. The average molecular weight is 544 g/mol. The number of Topliss-reactive ketones (excluding diaryl/α,β-unsaturated/α-hetero) is 1. The minimum Gasteiger partial charge on any atom is -0.454 e. The zero-order chi connectivity index (χ0) is 22.0. The summed E-state index contributed by atoms with van der Waals surface area (Å²) in [6.45, 7) is 0.326. The molecule has 0 spiro atoms. The van der Waals surface area contributed by atoms with Gasteiger partial charge in [-0.05, 0) is 31.9 Å². The van der Waals surface area contributed by atoms with Crippen molar-refractivity contribution in [2.24, 2.45) is 11.8 Å². The van der Waals surface area contributed by atoms with Gasteiger partial charge in [-0.25, -0.2) is 0 Å². The number of alkyl halides is 2. The van der Waals surface area contributed by atoms with E-state index in [4.69, 9.17) is 4.74 Å². The van der Waals surface area contributed by atoms with Gasteiger partial charge in [0.1, 0.15) is 6.54 Å². The molecule has 4 atom stereocenters. The Morgan fingerprint density at radius 3 is 2.27 bits per heavy atom. The number of hydrogen-bond donors (Lipinski definition) is 1. The van der Waals surface area contributed by atoms with Gasteiger partial charge in [0, 0.05) is 20.9 Å². The van der Waals surface area contributed by atoms with Crippen molar-refractivity contribution < 1.29 is 28.7 Å². The van der Waals surface area contributed by atoms with Gasteiger partial charge in [0.25, 0.3) is 5.91 Å². The number of anilines is 1. The molecule has 1 N–H and O–H groups in total. The first-order valence-corrected chi connectivity index (χ1v) is 11.2. The SMILES string of the molecule is CC(=O)c1cccc(NC(=O)COC(=O)CN2C(=O)[C@H]3C[C@H](Br)[C@@H](Br)C[C@H]3C2=O)c1. The molecule has 3 rings (SSSR count). The number of ketones is 1. The Morgan fingerprint density at radius 2 is 1.70 bits per heavy atom. The highest BCUT2D eigenvalue weighted by atomic mass is 79.9. The highest BCUT2D eigenvalue weighted by molar-refractivity contribution is 9.12. The minimum atomic E-state index is -0.839. The number of benzene rings is 1. The maximum Gasteiger partial charge on any atom is 0.326 e. The molecular weight excluding hydrogens is 524 g/mol. The van der Waals surface area contributed by atoms with Gasteiger partial charge in [-0.1, -0.05) is 44.0 Å². The van der Waals surface area contributed by atoms with E-state index in [0.717, 1.165) is 4.90 Å². The number of hydrogen-bond acceptors (Lipinski definition) is 6. The number of imide groups is 1. The molecule has 1 saturated heterocycles. The van der Waals surface area contributed by atoms with Crippen molar-refractivity contribution in [2.75, 3.05) is 18.5 Å². The van der Waals surface area contributed by atoms with Crippen LogP contribution in [0.15, 0.2) is 24.3 Å². The standard InChI is InChI=1S/C20H20Br2N2O6/c1-10(25)11-3-2-4-12(5-11)23-17(26)9-30-18(27)8-24-19(28)13-6-15(21)16(22)7-14(13)20(24)29/h2-5,13-16H,6-9H2,1H3,(H,23,26)/t13-,14+,15-,16-/m0/s1. The first-order chi connectivity index (χ1) is 14.2. The van der Waals surface area contributed by atoms with Crippen molar-refractivity contribution in [3.63, 3.8) is 0 Å². The second kappa shape index (κ2) is 9.38. The van der Waals surface area contributed by atoms with Gasteiger partial charge in [-0.2, -0.15) is 0 Å². The van der Waals surface area contributed by atoms with Gasteiger partial charge in [-0.3, -0.25) is 28.9 Å². The van der Waals surface area contributed by atoms with Crippen LogP contribution in [0.25, 0.3) is 0 Å². The number of nitrogens with zero attached hydrogens (tertiary/aromatic N) is 1. The van der Waals surface area contributed by atoms with Crippen LogP contribution in [0.2, 0.25) is 0 Å². The summed E-state index contributed by atoms with van der Waals surface area (Å²) in [7, 11) is 0. The molecule has 0 unspecified atom stereocenters. The Bertz CT molecular complexity index is 877. The quantitative estimate of drug-likeness (QED) is 0.255. The molecule has 160 valence electrons. The van der Waals surface area contributed by atoms with Gasteiger partial charge >= 0.3 is 5.97 Å². The summed E-state index contributed by atoms with van der Waals surface area (Å²) >= 11 is 7.01. The van der Waals surface area contributed by atoms with Gasteiger partial charge in [0.2, 0.25) is 11.8 Å². The maximum absolute atomic E-state index is 12.6. The lowest BCUT2D eigenvalue weighted by atomic mass is 9.81. The number of likely N-dealkylation sites (tertiary alicyclic amines) is 1. The van der Waals surface area contributed by atoms with Gasteiger partial charge in [0.15, 0.2) is 12.4 Å². The largest absolute Gasteiger partial charge is 0.454 e. The first kappa shape index (κ1) is 22.6. The molecule has 1 aliphatic heterocycles. The second-order valence-electron chi connectivity index (χ2n) is 7.32. The lowest BCUT2D eigenvalue weighted by Gasteiger charge is -2.29. The van der Waals surface area contributed by atoms with E-state index >= 15 is 0 Å². The van der Waals surface area contributed by atoms with E-state index in [0.29, 0.717) is 24.1 Å². The third kappa shape index (κ3) is 4.97. The molecule has 2 aliphatic rings. The molecule has 0 bridgehead atoms. The molecule has 1 aliphatic carbocycles. The highest BCUT2D eigenvalue weighted by Crippen LogP contribution is 2.43. The molecule has 1 saturated carbocycles. The Kier molecular flexibility index (Phi) is 7.07. The lowest BCUT2D eigenvalue weighted by molar-refractivity contribution is -0.154. The molecule has 1 aromatic carbocycles. The van der Waals surface area contributed by atoms with Crippen LogP contribution < -0.4 is 5.32 Å². The molecule has 3 amide bonds. The predicted octanol–water partition coefficient (Wildman–Crippen LogP) is 2.29. The topological polar surface area (TPSA) is 110 Å². The molecule has 1 aromatic rings. The number of esters is 1. The summed E-state index contributed by atoms with van der Waals surface area (Å²) in [4.78, 5) is 61.7. The van der Waals surface area contributed by atoms with Crippen LogP contribution in [0.1, 0.15) is 30.1 Å². The first-order valence-electron chi connectivity index (χ1n) is 9.37. The summed E-state index contributed by atoms with van der Waals surface area (Å²) in [5.41, 5.74) is 0.833. The minimum absolute atomic E-state index is 0.0765. The number of rotatable bonds is 6. The summed E-state index contributed by atoms with van der Waals surface area (Å²) in [5, 5.41) is 2.53. The summed E-state index contributed by atoms with van der Waals surface area (Å²) < 4.78 is 4.93. The van der Waals surface area contributed by atoms with Crippen molar-refractivity contribution in [2.45, 2.75) is 29.4 Å². The average Bonchev–Trinajstić information content (AvgIpc) is 2.91. The van der Waals surface area contributed by atoms with E-state index in [1.54, 1.807) is 18.2 Å². The molecule has 0 aromatic heterocycles. The number of carbonyl (C=O) groups is 5. The zero-order valence-corrected chi connectivity index (χ0v) is 19.3. The number of amides is 3. The Morgan fingerprint density at radius 1 is 1.10 bits per heavy atom. The molecule has 1 heterocycles. The van der Waals surface area contributed by atoms with Crippen molar-refractivity contribution in [3.05, 3.63) is 29.8 Å². The molecule has 10 heteroatoms. The van der Waals surface area contributed by atoms with Gasteiger partial charge < -0.3 is 10.1 Å². The predicted molar refractivity (Wildman–Crippen MR) is 114 cm³/mol. The summed E-state index contributed by atoms with van der Waals surface area (Å²) in [6.07, 6.45) is 1.02. The third-order valence-electron chi connectivity index (χ3n) is 5.21. The van der Waals surface area contributed by atoms with E-state index in [-0.39, 0.29) is 27.3 Å². The van der Waals surface area contributed by atoms with Gasteiger partial charge in [0.05, 0.1) is 11.8 Å². The van der Waals surface area contributed by atoms with Crippen LogP contribution in [0.5, 0.6) is 0 Å². The van der Waals surface area contributed by atoms with Crippen molar-refractivity contribution in [3.8, 4) is 0 Å². The van der Waals surface area contributed by atoms with E-state index in [2.05, 4.69) is 37.2 Å². The van der Waals surface area contributed by atoms with Crippen LogP contribution in [0.4, 0.5) is 5.69 Å². The number of ether oxygens (including phenoxy) is 1. The molecular formula is C20H20Br2N2O6. The van der Waals surface area contributed by atoms with Crippen LogP contribution >= 0.6 is 31.9 Å². The Labute approximate surface area is 189 Å². The van der Waals surface area contributed by atoms with Crippen molar-refractivity contribution in [1.82, 2.24) is 4.90 Å². The molecule has 0 radical (unpaired) electrons. The van der Waals surface area contributed by atoms with Crippen molar-refractivity contribution in [1.29, 1.82) is 0 Å². The summed E-state index contributed by atoms with van der Waals surface area (Å²) in [6, 6.07) is 6.36. The van der Waals surface area contributed by atoms with E-state index in [1.807, 2.05) is 0 Å². The smallest absolute Gasteiger partial charge is 0.326 e. The normalized spacial score (nSPS) is 25.6. The molecule has 30 heavy (non-hydrogen) atoms. The van der Waals surface area contributed by atoms with Gasteiger partial charge in [-0.15, -0.1) is 0 Å².